The molecule has 0 saturated carbocycles. The number of carbonyl (C=O) groups excluding carboxylic acids is 1. The number of urea groups is 1. The maximum atomic E-state index is 12.6. The van der Waals surface area contributed by atoms with Crippen LogP contribution in [0.2, 0.25) is 0 Å². The Morgan fingerprint density at radius 2 is 1.67 bits per heavy atom. The molecule has 0 radical (unpaired) electrons. The van der Waals surface area contributed by atoms with Gasteiger partial charge in [0.15, 0.2) is 0 Å². The van der Waals surface area contributed by atoms with Crippen molar-refractivity contribution in [2.45, 2.75) is 32.6 Å². The summed E-state index contributed by atoms with van der Waals surface area (Å²) < 4.78 is 0. The summed E-state index contributed by atoms with van der Waals surface area (Å²) >= 11 is 0. The summed E-state index contributed by atoms with van der Waals surface area (Å²) in [6.45, 7) is 6.83. The van der Waals surface area contributed by atoms with Crippen LogP contribution >= 0.6 is 0 Å². The smallest absolute Gasteiger partial charge is 0.320 e. The number of nitrogens with zero attached hydrogens (tertiary/aromatic N) is 3. The average Bonchev–Trinajstić information content (AvgIpc) is 2.78. The fourth-order valence-corrected chi connectivity index (χ4v) is 3.17. The zero-order valence-corrected chi connectivity index (χ0v) is 13.0. The molecule has 2 saturated heterocycles. The van der Waals surface area contributed by atoms with Gasteiger partial charge in [-0.05, 0) is 31.6 Å². The molecule has 0 aromatic carbocycles. The van der Waals surface area contributed by atoms with Gasteiger partial charge in [-0.2, -0.15) is 0 Å². The van der Waals surface area contributed by atoms with Crippen LogP contribution in [0.4, 0.5) is 4.79 Å². The van der Waals surface area contributed by atoms with E-state index in [1.165, 1.54) is 6.42 Å². The van der Waals surface area contributed by atoms with Gasteiger partial charge >= 0.3 is 12.0 Å². The number of hydrogen-bond donors (Lipinski definition) is 1. The predicted molar refractivity (Wildman–Crippen MR) is 80.2 cm³/mol. The van der Waals surface area contributed by atoms with Crippen LogP contribution < -0.4 is 0 Å². The molecule has 2 rings (SSSR count). The second-order valence-corrected chi connectivity index (χ2v) is 6.32. The molecule has 6 nitrogen and oxygen atoms in total. The molecule has 2 aliphatic heterocycles. The monoisotopic (exact) mass is 297 g/mol. The summed E-state index contributed by atoms with van der Waals surface area (Å²) in [5.41, 5.74) is 0. The number of likely N-dealkylation sites (tertiary alicyclic amines) is 1. The molecule has 0 aliphatic carbocycles. The first-order valence-electron chi connectivity index (χ1n) is 8.04. The Morgan fingerprint density at radius 1 is 0.952 bits per heavy atom. The number of hydrogen-bond acceptors (Lipinski definition) is 3. The van der Waals surface area contributed by atoms with Crippen molar-refractivity contribution in [3.05, 3.63) is 0 Å². The topological polar surface area (TPSA) is 64.1 Å². The Bertz CT molecular complexity index is 375. The highest BCUT2D eigenvalue weighted by Crippen LogP contribution is 2.18. The molecular formula is C15H27N3O3. The van der Waals surface area contributed by atoms with Gasteiger partial charge in [-0.15, -0.1) is 0 Å². The molecule has 21 heavy (non-hydrogen) atoms. The predicted octanol–water partition coefficient (Wildman–Crippen LogP) is 1.32. The SMILES string of the molecule is CC1CCCN(C(=O)N2CCCN(CC(=O)O)CC2)CC1. The van der Waals surface area contributed by atoms with Crippen LogP contribution in [0.15, 0.2) is 0 Å². The largest absolute Gasteiger partial charge is 0.480 e. The summed E-state index contributed by atoms with van der Waals surface area (Å²) in [5.74, 6) is -0.0886. The minimum atomic E-state index is -0.795. The lowest BCUT2D eigenvalue weighted by Gasteiger charge is -2.29. The van der Waals surface area contributed by atoms with Crippen molar-refractivity contribution in [1.82, 2.24) is 14.7 Å². The van der Waals surface area contributed by atoms with E-state index < -0.39 is 5.97 Å². The van der Waals surface area contributed by atoms with Crippen LogP contribution in [-0.2, 0) is 4.79 Å². The first-order valence-corrected chi connectivity index (χ1v) is 8.04. The first-order chi connectivity index (χ1) is 10.1. The molecule has 2 aliphatic rings. The van der Waals surface area contributed by atoms with Gasteiger partial charge < -0.3 is 14.9 Å². The standard InChI is InChI=1S/C15H27N3O3/c1-13-4-2-7-17(9-5-13)15(21)18-8-3-6-16(10-11-18)12-14(19)20/h13H,2-12H2,1H3,(H,19,20). The van der Waals surface area contributed by atoms with Crippen LogP contribution in [0.25, 0.3) is 0 Å². The molecule has 0 aromatic rings. The van der Waals surface area contributed by atoms with Gasteiger partial charge in [-0.25, -0.2) is 4.79 Å². The number of aliphatic carboxylic acids is 1. The third-order valence-corrected chi connectivity index (χ3v) is 4.51. The van der Waals surface area contributed by atoms with Crippen molar-refractivity contribution in [3.63, 3.8) is 0 Å². The molecule has 1 atom stereocenters. The maximum absolute atomic E-state index is 12.6. The van der Waals surface area contributed by atoms with Crippen molar-refractivity contribution in [2.75, 3.05) is 45.8 Å². The average molecular weight is 297 g/mol. The Kier molecular flexibility index (Phi) is 5.85. The van der Waals surface area contributed by atoms with Gasteiger partial charge in [-0.3, -0.25) is 9.69 Å². The second-order valence-electron chi connectivity index (χ2n) is 6.32. The Hall–Kier alpha value is -1.30. The molecule has 6 heteroatoms. The molecular weight excluding hydrogens is 270 g/mol. The molecule has 0 spiro atoms. The highest BCUT2D eigenvalue weighted by atomic mass is 16.4. The van der Waals surface area contributed by atoms with Crippen molar-refractivity contribution >= 4 is 12.0 Å². The van der Waals surface area contributed by atoms with Crippen molar-refractivity contribution < 1.29 is 14.7 Å². The van der Waals surface area contributed by atoms with Gasteiger partial charge in [0.05, 0.1) is 6.54 Å². The summed E-state index contributed by atoms with van der Waals surface area (Å²) in [7, 11) is 0. The number of amides is 2. The Morgan fingerprint density at radius 3 is 2.43 bits per heavy atom. The zero-order chi connectivity index (χ0) is 15.2. The van der Waals surface area contributed by atoms with Crippen LogP contribution in [0.5, 0.6) is 0 Å². The fourth-order valence-electron chi connectivity index (χ4n) is 3.17. The number of carbonyl (C=O) groups is 2. The van der Waals surface area contributed by atoms with E-state index in [-0.39, 0.29) is 12.6 Å². The molecule has 2 heterocycles. The van der Waals surface area contributed by atoms with E-state index in [4.69, 9.17) is 5.11 Å². The molecule has 120 valence electrons. The normalized spacial score (nSPS) is 25.3. The number of carboxylic acids is 1. The first kappa shape index (κ1) is 16.1. The summed E-state index contributed by atoms with van der Waals surface area (Å²) in [6, 6.07) is 0.140. The van der Waals surface area contributed by atoms with Crippen LogP contribution in [0, 0.1) is 5.92 Å². The molecule has 2 fully saturated rings. The third-order valence-electron chi connectivity index (χ3n) is 4.51. The minimum absolute atomic E-state index is 0.0727. The Labute approximate surface area is 126 Å². The zero-order valence-electron chi connectivity index (χ0n) is 13.0. The van der Waals surface area contributed by atoms with Crippen molar-refractivity contribution in [1.29, 1.82) is 0 Å². The van der Waals surface area contributed by atoms with Crippen molar-refractivity contribution in [3.8, 4) is 0 Å². The number of rotatable bonds is 2. The van der Waals surface area contributed by atoms with Crippen molar-refractivity contribution in [2.24, 2.45) is 5.92 Å². The van der Waals surface area contributed by atoms with Crippen LogP contribution in [-0.4, -0.2) is 77.6 Å². The molecule has 0 bridgehead atoms. The summed E-state index contributed by atoms with van der Waals surface area (Å²) in [6.07, 6.45) is 4.23. The Balaban J connectivity index is 1.86. The fraction of sp³-hybridized carbons (Fsp3) is 0.867. The van der Waals surface area contributed by atoms with E-state index >= 15 is 0 Å². The van der Waals surface area contributed by atoms with E-state index in [0.29, 0.717) is 19.0 Å². The second kappa shape index (κ2) is 7.64. The summed E-state index contributed by atoms with van der Waals surface area (Å²) in [4.78, 5) is 29.2. The van der Waals surface area contributed by atoms with E-state index in [9.17, 15) is 9.59 Å². The summed E-state index contributed by atoms with van der Waals surface area (Å²) in [5, 5.41) is 8.86. The lowest BCUT2D eigenvalue weighted by molar-refractivity contribution is -0.138. The molecule has 0 aromatic heterocycles. The van der Waals surface area contributed by atoms with E-state index in [2.05, 4.69) is 6.92 Å². The van der Waals surface area contributed by atoms with Gasteiger partial charge in [0.1, 0.15) is 0 Å². The van der Waals surface area contributed by atoms with Gasteiger partial charge in [0.25, 0.3) is 0 Å². The quantitative estimate of drug-likeness (QED) is 0.835. The number of carboxylic acid groups (broad SMARTS) is 1. The molecule has 2 amide bonds. The van der Waals surface area contributed by atoms with E-state index in [1.54, 1.807) is 0 Å². The van der Waals surface area contributed by atoms with Gasteiger partial charge in [0.2, 0.25) is 0 Å². The highest BCUT2D eigenvalue weighted by Gasteiger charge is 2.25. The van der Waals surface area contributed by atoms with Crippen LogP contribution in [0.3, 0.4) is 0 Å². The van der Waals surface area contributed by atoms with E-state index in [0.717, 1.165) is 45.4 Å². The minimum Gasteiger partial charge on any atom is -0.480 e. The highest BCUT2D eigenvalue weighted by molar-refractivity contribution is 5.74. The van der Waals surface area contributed by atoms with Crippen LogP contribution in [0.1, 0.15) is 32.6 Å². The molecule has 1 unspecified atom stereocenters. The third kappa shape index (κ3) is 4.88. The lowest BCUT2D eigenvalue weighted by Crippen LogP contribution is -2.45. The van der Waals surface area contributed by atoms with Gasteiger partial charge in [-0.1, -0.05) is 6.92 Å². The molecule has 1 N–H and O–H groups in total. The lowest BCUT2D eigenvalue weighted by atomic mass is 10.0. The maximum Gasteiger partial charge on any atom is 0.320 e. The van der Waals surface area contributed by atoms with E-state index in [1.807, 2.05) is 14.7 Å². The van der Waals surface area contributed by atoms with Gasteiger partial charge in [0, 0.05) is 39.3 Å².